The lowest BCUT2D eigenvalue weighted by molar-refractivity contribution is -0.112. The third-order valence-corrected chi connectivity index (χ3v) is 5.34. The predicted molar refractivity (Wildman–Crippen MR) is 75.9 cm³/mol. The number of halogens is 1. The Labute approximate surface area is 124 Å². The molecule has 8 heteroatoms. The molecule has 1 N–H and O–H groups in total. The zero-order valence-electron chi connectivity index (χ0n) is 9.56. The van der Waals surface area contributed by atoms with Crippen LogP contribution in [-0.2, 0) is 4.79 Å². The van der Waals surface area contributed by atoms with Crippen LogP contribution in [0.5, 0.6) is 0 Å². The quantitative estimate of drug-likeness (QED) is 0.838. The van der Waals surface area contributed by atoms with Crippen LogP contribution in [0.4, 0.5) is 5.69 Å². The molecule has 2 aromatic rings. The molecule has 5 nitrogen and oxygen atoms in total. The van der Waals surface area contributed by atoms with Crippen molar-refractivity contribution in [2.45, 2.75) is 16.2 Å². The first-order valence-corrected chi connectivity index (χ1v) is 7.64. The van der Waals surface area contributed by atoms with Gasteiger partial charge in [-0.05, 0) is 35.0 Å². The Morgan fingerprint density at radius 3 is 2.79 bits per heavy atom. The first kappa shape index (κ1) is 12.8. The van der Waals surface area contributed by atoms with Crippen molar-refractivity contribution in [3.05, 3.63) is 27.2 Å². The number of anilines is 1. The van der Waals surface area contributed by atoms with Crippen molar-refractivity contribution >= 4 is 56.4 Å². The van der Waals surface area contributed by atoms with E-state index >= 15 is 0 Å². The van der Waals surface area contributed by atoms with Crippen LogP contribution in [0.15, 0.2) is 25.8 Å². The first-order valence-electron chi connectivity index (χ1n) is 5.22. The van der Waals surface area contributed by atoms with Crippen LogP contribution in [0.3, 0.4) is 0 Å². The van der Waals surface area contributed by atoms with Crippen molar-refractivity contribution in [1.29, 1.82) is 0 Å². The molecule has 0 spiro atoms. The Balaban J connectivity index is 1.98. The molecule has 1 amide bonds. The minimum Gasteiger partial charge on any atom is -0.318 e. The van der Waals surface area contributed by atoms with Crippen LogP contribution in [-0.4, -0.2) is 21.9 Å². The van der Waals surface area contributed by atoms with E-state index < -0.39 is 11.7 Å². The molecular formula is C11H6BrN3O2S2. The number of hydrogen-bond acceptors (Lipinski definition) is 6. The molecule has 1 aliphatic heterocycles. The number of nitrogens with one attached hydrogen (secondary N) is 1. The van der Waals surface area contributed by atoms with E-state index in [4.69, 9.17) is 0 Å². The Morgan fingerprint density at radius 2 is 2.11 bits per heavy atom. The molecule has 96 valence electrons. The van der Waals surface area contributed by atoms with Crippen LogP contribution < -0.4 is 5.32 Å². The van der Waals surface area contributed by atoms with Gasteiger partial charge in [0.15, 0.2) is 4.34 Å². The summed E-state index contributed by atoms with van der Waals surface area (Å²) in [7, 11) is 0. The topological polar surface area (TPSA) is 72.0 Å². The normalized spacial score (nSPS) is 13.6. The highest BCUT2D eigenvalue weighted by Gasteiger charge is 2.29. The van der Waals surface area contributed by atoms with Crippen molar-refractivity contribution in [1.82, 2.24) is 10.2 Å². The first-order chi connectivity index (χ1) is 9.04. The average molecular weight is 356 g/mol. The Hall–Kier alpha value is -1.25. The van der Waals surface area contributed by atoms with Gasteiger partial charge in [-0.3, -0.25) is 9.59 Å². The largest absolute Gasteiger partial charge is 0.318 e. The number of carbonyl (C=O) groups is 2. The van der Waals surface area contributed by atoms with Crippen LogP contribution in [0.25, 0.3) is 0 Å². The highest BCUT2D eigenvalue weighted by molar-refractivity contribution is 9.10. The molecule has 2 heterocycles. The van der Waals surface area contributed by atoms with Crippen molar-refractivity contribution in [2.24, 2.45) is 0 Å². The summed E-state index contributed by atoms with van der Waals surface area (Å²) in [6.45, 7) is 1.89. The van der Waals surface area contributed by atoms with Gasteiger partial charge in [-0.15, -0.1) is 10.2 Å². The van der Waals surface area contributed by atoms with Crippen molar-refractivity contribution < 1.29 is 9.59 Å². The molecule has 1 aliphatic rings. The SMILES string of the molecule is Cc1nnc(Sc2cc3c(cc2Br)C(=O)C(=O)N3)s1. The molecule has 0 fully saturated rings. The van der Waals surface area contributed by atoms with Crippen molar-refractivity contribution in [2.75, 3.05) is 5.32 Å². The molecule has 3 rings (SSSR count). The van der Waals surface area contributed by atoms with Gasteiger partial charge in [0.1, 0.15) is 5.01 Å². The van der Waals surface area contributed by atoms with E-state index in [0.29, 0.717) is 11.3 Å². The summed E-state index contributed by atoms with van der Waals surface area (Å²) in [6, 6.07) is 3.43. The molecule has 0 aliphatic carbocycles. The van der Waals surface area contributed by atoms with Crippen LogP contribution >= 0.6 is 39.0 Å². The Bertz CT molecular complexity index is 714. The van der Waals surface area contributed by atoms with Gasteiger partial charge in [0.2, 0.25) is 0 Å². The van der Waals surface area contributed by atoms with Gasteiger partial charge >= 0.3 is 0 Å². The number of benzene rings is 1. The third-order valence-electron chi connectivity index (χ3n) is 2.48. The van der Waals surface area contributed by atoms with Gasteiger partial charge < -0.3 is 5.32 Å². The number of amides is 1. The van der Waals surface area contributed by atoms with E-state index in [1.54, 1.807) is 12.1 Å². The van der Waals surface area contributed by atoms with E-state index in [1.807, 2.05) is 6.92 Å². The third kappa shape index (κ3) is 2.31. The van der Waals surface area contributed by atoms with E-state index in [-0.39, 0.29) is 0 Å². The molecule has 1 aromatic heterocycles. The summed E-state index contributed by atoms with van der Waals surface area (Å²) in [4.78, 5) is 23.8. The molecular weight excluding hydrogens is 350 g/mol. The number of ketones is 1. The second-order valence-electron chi connectivity index (χ2n) is 3.80. The second kappa shape index (κ2) is 4.69. The van der Waals surface area contributed by atoms with Gasteiger partial charge in [0.25, 0.3) is 11.7 Å². The molecule has 0 unspecified atom stereocenters. The van der Waals surface area contributed by atoms with E-state index in [9.17, 15) is 9.59 Å². The van der Waals surface area contributed by atoms with E-state index in [0.717, 1.165) is 18.7 Å². The van der Waals surface area contributed by atoms with Crippen molar-refractivity contribution in [3.8, 4) is 0 Å². The second-order valence-corrected chi connectivity index (χ2v) is 7.13. The van der Waals surface area contributed by atoms with Gasteiger partial charge in [-0.2, -0.15) is 0 Å². The zero-order valence-corrected chi connectivity index (χ0v) is 12.8. The summed E-state index contributed by atoms with van der Waals surface area (Å²) >= 11 is 6.34. The molecule has 0 atom stereocenters. The maximum Gasteiger partial charge on any atom is 0.296 e. The minimum absolute atomic E-state index is 0.398. The van der Waals surface area contributed by atoms with E-state index in [1.165, 1.54) is 23.1 Å². The maximum absolute atomic E-state index is 11.6. The van der Waals surface area contributed by atoms with Gasteiger partial charge in [0.05, 0.1) is 11.3 Å². The number of rotatable bonds is 2. The Kier molecular flexibility index (Phi) is 3.15. The lowest BCUT2D eigenvalue weighted by atomic mass is 10.1. The molecule has 19 heavy (non-hydrogen) atoms. The number of Topliss-reactive ketones (excluding diaryl/α,β-unsaturated/α-hetero) is 1. The summed E-state index contributed by atoms with van der Waals surface area (Å²) < 4.78 is 1.57. The lowest BCUT2D eigenvalue weighted by Crippen LogP contribution is -2.12. The fourth-order valence-electron chi connectivity index (χ4n) is 1.64. The van der Waals surface area contributed by atoms with Gasteiger partial charge in [-0.1, -0.05) is 23.1 Å². The number of aromatic nitrogens is 2. The fraction of sp³-hybridized carbons (Fsp3) is 0.0909. The van der Waals surface area contributed by atoms with Crippen molar-refractivity contribution in [3.63, 3.8) is 0 Å². The Morgan fingerprint density at radius 1 is 1.32 bits per heavy atom. The van der Waals surface area contributed by atoms with Crippen LogP contribution in [0, 0.1) is 6.92 Å². The number of fused-ring (bicyclic) bond motifs is 1. The molecule has 0 saturated carbocycles. The maximum atomic E-state index is 11.6. The zero-order chi connectivity index (χ0) is 13.6. The lowest BCUT2D eigenvalue weighted by Gasteiger charge is -2.04. The average Bonchev–Trinajstić information content (AvgIpc) is 2.87. The fourth-order valence-corrected chi connectivity index (χ4v) is 4.04. The molecule has 1 aromatic carbocycles. The van der Waals surface area contributed by atoms with Crippen LogP contribution in [0.1, 0.15) is 15.4 Å². The number of nitrogens with zero attached hydrogens (tertiary/aromatic N) is 2. The number of carbonyl (C=O) groups excluding carboxylic acids is 2. The standard InChI is InChI=1S/C11H6BrN3O2S2/c1-4-14-15-11(18-4)19-8-3-7-5(2-6(8)12)9(16)10(17)13-7/h2-3H,1H3,(H,13,16,17). The molecule has 0 radical (unpaired) electrons. The minimum atomic E-state index is -0.587. The number of hydrogen-bond donors (Lipinski definition) is 1. The summed E-state index contributed by atoms with van der Waals surface area (Å²) in [6.07, 6.45) is 0. The highest BCUT2D eigenvalue weighted by atomic mass is 79.9. The summed E-state index contributed by atoms with van der Waals surface area (Å²) in [5.74, 6) is -1.09. The highest BCUT2D eigenvalue weighted by Crippen LogP contribution is 2.39. The smallest absolute Gasteiger partial charge is 0.296 e. The van der Waals surface area contributed by atoms with Gasteiger partial charge in [-0.25, -0.2) is 0 Å². The molecule has 0 saturated heterocycles. The predicted octanol–water partition coefficient (Wildman–Crippen LogP) is 2.90. The summed E-state index contributed by atoms with van der Waals surface area (Å²) in [5.41, 5.74) is 0.941. The monoisotopic (exact) mass is 355 g/mol. The summed E-state index contributed by atoms with van der Waals surface area (Å²) in [5, 5.41) is 11.4. The van der Waals surface area contributed by atoms with Gasteiger partial charge in [0, 0.05) is 9.37 Å². The number of aryl methyl sites for hydroxylation is 1. The molecule has 0 bridgehead atoms. The van der Waals surface area contributed by atoms with E-state index in [2.05, 4.69) is 31.4 Å². The van der Waals surface area contributed by atoms with Crippen LogP contribution in [0.2, 0.25) is 0 Å².